The lowest BCUT2D eigenvalue weighted by molar-refractivity contribution is -0.137. The summed E-state index contributed by atoms with van der Waals surface area (Å²) in [6.07, 6.45) is -4.57. The molecule has 0 atom stereocenters. The number of hydrogen-bond donors (Lipinski definition) is 0. The molecule has 0 spiro atoms. The van der Waals surface area contributed by atoms with Gasteiger partial charge in [0.05, 0.1) is 27.6 Å². The summed E-state index contributed by atoms with van der Waals surface area (Å²) in [4.78, 5) is 0. The molecule has 13 aromatic rings. The summed E-state index contributed by atoms with van der Waals surface area (Å²) in [5.41, 5.74) is 10.5. The van der Waals surface area contributed by atoms with E-state index in [0.29, 0.717) is 44.6 Å². The number of benzene rings is 9. The molecule has 62 heavy (non-hydrogen) atoms. The van der Waals surface area contributed by atoms with Gasteiger partial charge in [-0.15, -0.1) is 0 Å². The fraction of sp³-hybridized carbons (Fsp3) is 0.0182. The average molecular weight is 809 g/mol. The van der Waals surface area contributed by atoms with Gasteiger partial charge in [-0.3, -0.25) is 0 Å². The van der Waals surface area contributed by atoms with Crippen LogP contribution in [-0.2, 0) is 6.18 Å². The molecule has 0 amide bonds. The molecule has 4 aromatic heterocycles. The lowest BCUT2D eigenvalue weighted by atomic mass is 9.94. The molecule has 13 rings (SSSR count). The first kappa shape index (κ1) is 34.8. The highest BCUT2D eigenvalue weighted by atomic mass is 19.4. The normalized spacial score (nSPS) is 12.4. The zero-order valence-electron chi connectivity index (χ0n) is 32.7. The van der Waals surface area contributed by atoms with Crippen LogP contribution in [0.15, 0.2) is 197 Å². The van der Waals surface area contributed by atoms with Crippen molar-refractivity contribution in [3.8, 4) is 33.6 Å². The number of rotatable bonds is 4. The number of furan rings is 2. The molecular weight excluding hydrogens is 778 g/mol. The molecule has 0 aliphatic rings. The number of aromatic nitrogens is 2. The van der Waals surface area contributed by atoms with Crippen LogP contribution in [0.4, 0.5) is 13.2 Å². The zero-order chi connectivity index (χ0) is 41.3. The Morgan fingerprint density at radius 1 is 0.306 bits per heavy atom. The molecule has 0 aliphatic heterocycles. The van der Waals surface area contributed by atoms with Gasteiger partial charge in [0.2, 0.25) is 0 Å². The van der Waals surface area contributed by atoms with Crippen LogP contribution in [0.2, 0.25) is 0 Å². The molecule has 7 heteroatoms. The van der Waals surface area contributed by atoms with Crippen LogP contribution in [-0.4, -0.2) is 9.13 Å². The van der Waals surface area contributed by atoms with Gasteiger partial charge < -0.3 is 18.0 Å². The third-order valence-electron chi connectivity index (χ3n) is 12.5. The van der Waals surface area contributed by atoms with Crippen molar-refractivity contribution in [2.75, 3.05) is 0 Å². The summed E-state index contributed by atoms with van der Waals surface area (Å²) in [5, 5.41) is 8.05. The highest BCUT2D eigenvalue weighted by molar-refractivity contribution is 6.13. The smallest absolute Gasteiger partial charge is 0.416 e. The highest BCUT2D eigenvalue weighted by Gasteiger charge is 2.32. The number of alkyl halides is 3. The first-order chi connectivity index (χ1) is 30.3. The Balaban J connectivity index is 0.950. The molecule has 0 saturated heterocycles. The zero-order valence-corrected chi connectivity index (χ0v) is 32.7. The molecule has 0 unspecified atom stereocenters. The quantitative estimate of drug-likeness (QED) is 0.178. The molecule has 4 heterocycles. The average Bonchev–Trinajstić information content (AvgIpc) is 4.05. The van der Waals surface area contributed by atoms with Crippen molar-refractivity contribution in [3.63, 3.8) is 0 Å². The summed E-state index contributed by atoms with van der Waals surface area (Å²) >= 11 is 0. The number of halogens is 3. The Labute approximate surface area is 350 Å². The van der Waals surface area contributed by atoms with E-state index < -0.39 is 11.7 Å². The molecule has 9 aromatic carbocycles. The number of hydrogen-bond acceptors (Lipinski definition) is 2. The maximum atomic E-state index is 14.8. The predicted molar refractivity (Wildman–Crippen MR) is 246 cm³/mol. The summed E-state index contributed by atoms with van der Waals surface area (Å²) in [6.45, 7) is 0. The van der Waals surface area contributed by atoms with Crippen molar-refractivity contribution in [2.24, 2.45) is 0 Å². The SMILES string of the molecule is FC(F)(F)c1cc(-c2ccc3oc4ccc(-n5c6ccccc6c6ccccc65)cc4c3c2)cc(-c2ccc3oc4ccc(-n5c6ccccc6c6ccccc65)cc4c3c2)c1. The molecule has 0 bridgehead atoms. The molecule has 0 aliphatic carbocycles. The highest BCUT2D eigenvalue weighted by Crippen LogP contribution is 2.42. The second-order valence-corrected chi connectivity index (χ2v) is 16.0. The fourth-order valence-electron chi connectivity index (χ4n) is 9.69. The van der Waals surface area contributed by atoms with E-state index in [-0.39, 0.29) is 0 Å². The lowest BCUT2D eigenvalue weighted by Crippen LogP contribution is -2.05. The van der Waals surface area contributed by atoms with E-state index in [1.54, 1.807) is 0 Å². The van der Waals surface area contributed by atoms with Gasteiger partial charge in [-0.1, -0.05) is 84.9 Å². The van der Waals surface area contributed by atoms with E-state index in [9.17, 15) is 13.2 Å². The van der Waals surface area contributed by atoms with Crippen LogP contribution in [0.1, 0.15) is 5.56 Å². The van der Waals surface area contributed by atoms with Crippen molar-refractivity contribution >= 4 is 87.5 Å². The van der Waals surface area contributed by atoms with E-state index in [1.807, 2.05) is 103 Å². The number of para-hydroxylation sites is 4. The van der Waals surface area contributed by atoms with Gasteiger partial charge in [-0.2, -0.15) is 13.2 Å². The van der Waals surface area contributed by atoms with Crippen LogP contribution in [0.25, 0.3) is 121 Å². The topological polar surface area (TPSA) is 36.1 Å². The molecule has 4 nitrogen and oxygen atoms in total. The summed E-state index contributed by atoms with van der Waals surface area (Å²) < 4.78 is 61.4. The van der Waals surface area contributed by atoms with E-state index in [4.69, 9.17) is 8.83 Å². The summed E-state index contributed by atoms with van der Waals surface area (Å²) in [7, 11) is 0. The first-order valence-corrected chi connectivity index (χ1v) is 20.5. The standard InChI is InChI=1S/C55H31F3N2O2/c56-55(57,58)36-26-34(32-17-21-51-43(28-32)45-30-37(19-23-53(45)61-51)59-47-13-5-1-9-39(47)40-10-2-6-14-48(40)59)25-35(27-36)33-18-22-52-44(29-33)46-31-38(20-24-54(46)62-52)60-49-15-7-3-11-41(49)42-12-4-8-16-50(42)60/h1-31H. The molecule has 0 saturated carbocycles. The van der Waals surface area contributed by atoms with Crippen LogP contribution in [0, 0.1) is 0 Å². The summed E-state index contributed by atoms with van der Waals surface area (Å²) in [6, 6.07) is 61.2. The van der Waals surface area contributed by atoms with Crippen molar-refractivity contribution in [1.29, 1.82) is 0 Å². The van der Waals surface area contributed by atoms with E-state index >= 15 is 0 Å². The number of fused-ring (bicyclic) bond motifs is 12. The minimum Gasteiger partial charge on any atom is -0.456 e. The molecule has 0 N–H and O–H groups in total. The lowest BCUT2D eigenvalue weighted by Gasteiger charge is -2.13. The van der Waals surface area contributed by atoms with Crippen LogP contribution in [0.5, 0.6) is 0 Å². The Hall–Kier alpha value is -8.03. The minimum atomic E-state index is -4.57. The van der Waals surface area contributed by atoms with Gasteiger partial charge in [0.25, 0.3) is 0 Å². The number of nitrogens with zero attached hydrogens (tertiary/aromatic N) is 2. The van der Waals surface area contributed by atoms with E-state index in [2.05, 4.69) is 81.9 Å². The Bertz CT molecular complexity index is 3640. The molecule has 0 fully saturated rings. The predicted octanol–water partition coefficient (Wildman–Crippen LogP) is 16.0. The first-order valence-electron chi connectivity index (χ1n) is 20.5. The third kappa shape index (κ3) is 5.15. The van der Waals surface area contributed by atoms with Crippen molar-refractivity contribution in [3.05, 3.63) is 194 Å². The van der Waals surface area contributed by atoms with Gasteiger partial charge in [0, 0.05) is 54.5 Å². The van der Waals surface area contributed by atoms with Gasteiger partial charge in [0.1, 0.15) is 22.3 Å². The van der Waals surface area contributed by atoms with E-state index in [1.165, 1.54) is 12.1 Å². The van der Waals surface area contributed by atoms with Gasteiger partial charge in [-0.25, -0.2) is 0 Å². The van der Waals surface area contributed by atoms with Crippen molar-refractivity contribution in [1.82, 2.24) is 9.13 Å². The summed E-state index contributed by atoms with van der Waals surface area (Å²) in [5.74, 6) is 0. The van der Waals surface area contributed by atoms with E-state index in [0.717, 1.165) is 76.5 Å². The Morgan fingerprint density at radius 3 is 1.02 bits per heavy atom. The van der Waals surface area contributed by atoms with Crippen molar-refractivity contribution in [2.45, 2.75) is 6.18 Å². The van der Waals surface area contributed by atoms with Gasteiger partial charge in [0.15, 0.2) is 0 Å². The molecular formula is C55H31F3N2O2. The van der Waals surface area contributed by atoms with Crippen LogP contribution < -0.4 is 0 Å². The second kappa shape index (κ2) is 12.7. The fourth-order valence-corrected chi connectivity index (χ4v) is 9.69. The van der Waals surface area contributed by atoms with Gasteiger partial charge in [-0.05, 0) is 125 Å². The maximum absolute atomic E-state index is 14.8. The van der Waals surface area contributed by atoms with Crippen LogP contribution >= 0.6 is 0 Å². The maximum Gasteiger partial charge on any atom is 0.416 e. The minimum absolute atomic E-state index is 0.454. The molecule has 0 radical (unpaired) electrons. The van der Waals surface area contributed by atoms with Gasteiger partial charge >= 0.3 is 6.18 Å². The Kier molecular flexibility index (Phi) is 7.15. The molecule has 294 valence electrons. The second-order valence-electron chi connectivity index (χ2n) is 16.0. The Morgan fingerprint density at radius 2 is 0.645 bits per heavy atom. The third-order valence-corrected chi connectivity index (χ3v) is 12.5. The monoisotopic (exact) mass is 808 g/mol. The van der Waals surface area contributed by atoms with Crippen molar-refractivity contribution < 1.29 is 22.0 Å². The van der Waals surface area contributed by atoms with Crippen LogP contribution in [0.3, 0.4) is 0 Å². The largest absolute Gasteiger partial charge is 0.456 e.